The smallest absolute Gasteiger partial charge is 0.257 e. The summed E-state index contributed by atoms with van der Waals surface area (Å²) < 4.78 is 11.9. The number of carbonyl (C=O) groups excluding carboxylic acids is 2. The maximum atomic E-state index is 13.3. The number of anilines is 1. The molecule has 0 spiro atoms. The topological polar surface area (TPSA) is 96.9 Å². The Balaban J connectivity index is 1.94. The first kappa shape index (κ1) is 24.6. The summed E-state index contributed by atoms with van der Waals surface area (Å²) in [5.41, 5.74) is 1.97. The van der Waals surface area contributed by atoms with Gasteiger partial charge in [0, 0.05) is 70.4 Å². The summed E-state index contributed by atoms with van der Waals surface area (Å²) in [6.45, 7) is 7.91. The van der Waals surface area contributed by atoms with Gasteiger partial charge in [-0.15, -0.1) is 0 Å². The first-order valence-electron chi connectivity index (χ1n) is 11.1. The van der Waals surface area contributed by atoms with Gasteiger partial charge in [-0.2, -0.15) is 0 Å². The van der Waals surface area contributed by atoms with Gasteiger partial charge in [-0.3, -0.25) is 14.5 Å². The van der Waals surface area contributed by atoms with E-state index in [2.05, 4.69) is 34.0 Å². The molecule has 3 rings (SSSR count). The Morgan fingerprint density at radius 1 is 1.24 bits per heavy atom. The SMILES string of the molecule is CO[C@@H]1CN(C)C(=O)c2cc(NC(C)=O)ccc2OC[C@H](C)N(Cc2cncnc2)C[C@H]1C. The quantitative estimate of drug-likeness (QED) is 0.756. The molecule has 1 aliphatic rings. The van der Waals surface area contributed by atoms with Crippen molar-refractivity contribution >= 4 is 17.5 Å². The molecule has 9 nitrogen and oxygen atoms in total. The van der Waals surface area contributed by atoms with Crippen LogP contribution in [0.15, 0.2) is 36.9 Å². The fourth-order valence-electron chi connectivity index (χ4n) is 4.00. The van der Waals surface area contributed by atoms with Gasteiger partial charge in [0.2, 0.25) is 5.91 Å². The van der Waals surface area contributed by atoms with E-state index < -0.39 is 0 Å². The number of likely N-dealkylation sites (N-methyl/N-ethyl adjacent to an activating group) is 1. The Morgan fingerprint density at radius 2 is 1.97 bits per heavy atom. The molecule has 1 aliphatic heterocycles. The van der Waals surface area contributed by atoms with E-state index in [4.69, 9.17) is 9.47 Å². The van der Waals surface area contributed by atoms with Gasteiger partial charge in [0.25, 0.3) is 5.91 Å². The second-order valence-electron chi connectivity index (χ2n) is 8.67. The Hall–Kier alpha value is -3.04. The summed E-state index contributed by atoms with van der Waals surface area (Å²) in [5.74, 6) is 0.255. The van der Waals surface area contributed by atoms with Crippen LogP contribution >= 0.6 is 0 Å². The molecule has 9 heteroatoms. The monoisotopic (exact) mass is 455 g/mol. The summed E-state index contributed by atoms with van der Waals surface area (Å²) in [6, 6.07) is 5.19. The minimum absolute atomic E-state index is 0.0558. The van der Waals surface area contributed by atoms with E-state index in [1.54, 1.807) is 37.3 Å². The summed E-state index contributed by atoms with van der Waals surface area (Å²) in [5, 5.41) is 2.74. The van der Waals surface area contributed by atoms with Crippen LogP contribution < -0.4 is 10.1 Å². The van der Waals surface area contributed by atoms with Gasteiger partial charge in [-0.1, -0.05) is 6.92 Å². The molecule has 0 aliphatic carbocycles. The number of rotatable bonds is 4. The van der Waals surface area contributed by atoms with Gasteiger partial charge in [-0.25, -0.2) is 9.97 Å². The third-order valence-corrected chi connectivity index (χ3v) is 5.89. The van der Waals surface area contributed by atoms with Crippen LogP contribution in [0.2, 0.25) is 0 Å². The minimum Gasteiger partial charge on any atom is -0.491 e. The molecule has 2 heterocycles. The molecule has 33 heavy (non-hydrogen) atoms. The average Bonchev–Trinajstić information content (AvgIpc) is 2.80. The standard InChI is InChI=1S/C24H33N5O4/c1-16-11-29(12-19-9-25-15-26-10-19)17(2)14-33-22-7-6-20(27-18(3)30)8-21(22)24(31)28(4)13-23(16)32-5/h6-10,15-17,23H,11-14H2,1-5H3,(H,27,30)/t16-,17+,23-/m1/s1. The van der Waals surface area contributed by atoms with Gasteiger partial charge in [-0.05, 0) is 31.0 Å². The second kappa shape index (κ2) is 11.2. The van der Waals surface area contributed by atoms with Crippen LogP contribution in [0.25, 0.3) is 0 Å². The van der Waals surface area contributed by atoms with Crippen molar-refractivity contribution in [1.82, 2.24) is 19.8 Å². The lowest BCUT2D eigenvalue weighted by Crippen LogP contribution is -2.46. The molecular weight excluding hydrogens is 422 g/mol. The number of hydrogen-bond acceptors (Lipinski definition) is 7. The number of amides is 2. The van der Waals surface area contributed by atoms with Gasteiger partial charge in [0.15, 0.2) is 0 Å². The normalized spacial score (nSPS) is 22.5. The number of ether oxygens (including phenoxy) is 2. The number of nitrogens with zero attached hydrogens (tertiary/aromatic N) is 4. The molecular formula is C24H33N5O4. The summed E-state index contributed by atoms with van der Waals surface area (Å²) in [7, 11) is 3.43. The Kier molecular flexibility index (Phi) is 8.35. The predicted octanol–water partition coefficient (Wildman–Crippen LogP) is 2.44. The molecule has 1 N–H and O–H groups in total. The number of benzene rings is 1. The lowest BCUT2D eigenvalue weighted by atomic mass is 10.0. The summed E-state index contributed by atoms with van der Waals surface area (Å²) in [6.07, 6.45) is 5.01. The van der Waals surface area contributed by atoms with Crippen molar-refractivity contribution in [1.29, 1.82) is 0 Å². The molecule has 0 unspecified atom stereocenters. The van der Waals surface area contributed by atoms with Crippen molar-refractivity contribution in [2.45, 2.75) is 39.5 Å². The van der Waals surface area contributed by atoms with E-state index in [1.165, 1.54) is 13.3 Å². The fraction of sp³-hybridized carbons (Fsp3) is 0.500. The van der Waals surface area contributed by atoms with Crippen LogP contribution in [0.5, 0.6) is 5.75 Å². The molecule has 0 saturated carbocycles. The third-order valence-electron chi connectivity index (χ3n) is 5.89. The zero-order valence-electron chi connectivity index (χ0n) is 19.9. The van der Waals surface area contributed by atoms with Crippen LogP contribution in [0.1, 0.15) is 36.7 Å². The Labute approximate surface area is 195 Å². The molecule has 0 fully saturated rings. The molecule has 2 amide bonds. The molecule has 2 aromatic rings. The average molecular weight is 456 g/mol. The highest BCUT2D eigenvalue weighted by atomic mass is 16.5. The highest BCUT2D eigenvalue weighted by molar-refractivity contribution is 5.99. The molecule has 0 radical (unpaired) electrons. The zero-order valence-corrected chi connectivity index (χ0v) is 19.9. The molecule has 1 aromatic heterocycles. The lowest BCUT2D eigenvalue weighted by molar-refractivity contribution is -0.114. The number of nitrogens with one attached hydrogen (secondary N) is 1. The number of carbonyl (C=O) groups is 2. The van der Waals surface area contributed by atoms with Crippen LogP contribution in [0, 0.1) is 5.92 Å². The predicted molar refractivity (Wildman–Crippen MR) is 125 cm³/mol. The number of methoxy groups -OCH3 is 1. The Bertz CT molecular complexity index is 955. The highest BCUT2D eigenvalue weighted by Crippen LogP contribution is 2.26. The van der Waals surface area contributed by atoms with E-state index in [-0.39, 0.29) is 29.9 Å². The maximum Gasteiger partial charge on any atom is 0.257 e. The first-order valence-corrected chi connectivity index (χ1v) is 11.1. The molecule has 0 saturated heterocycles. The van der Waals surface area contributed by atoms with Gasteiger partial charge in [0.1, 0.15) is 18.7 Å². The van der Waals surface area contributed by atoms with Crippen molar-refractivity contribution in [3.8, 4) is 5.75 Å². The zero-order chi connectivity index (χ0) is 24.0. The van der Waals surface area contributed by atoms with Crippen molar-refractivity contribution < 1.29 is 19.1 Å². The van der Waals surface area contributed by atoms with E-state index in [1.807, 2.05) is 12.4 Å². The molecule has 0 bridgehead atoms. The Morgan fingerprint density at radius 3 is 2.64 bits per heavy atom. The van der Waals surface area contributed by atoms with Crippen molar-refractivity contribution in [3.05, 3.63) is 48.0 Å². The van der Waals surface area contributed by atoms with Crippen molar-refractivity contribution in [2.24, 2.45) is 5.92 Å². The molecule has 178 valence electrons. The number of hydrogen-bond donors (Lipinski definition) is 1. The minimum atomic E-state index is -0.202. The van der Waals surface area contributed by atoms with Gasteiger partial charge in [0.05, 0.1) is 11.7 Å². The van der Waals surface area contributed by atoms with E-state index in [0.717, 1.165) is 12.1 Å². The van der Waals surface area contributed by atoms with Crippen LogP contribution in [-0.2, 0) is 16.1 Å². The van der Waals surface area contributed by atoms with E-state index in [9.17, 15) is 9.59 Å². The van der Waals surface area contributed by atoms with Gasteiger partial charge < -0.3 is 19.7 Å². The van der Waals surface area contributed by atoms with Crippen LogP contribution in [0.3, 0.4) is 0 Å². The molecule has 3 atom stereocenters. The van der Waals surface area contributed by atoms with Gasteiger partial charge >= 0.3 is 0 Å². The fourth-order valence-corrected chi connectivity index (χ4v) is 4.00. The van der Waals surface area contributed by atoms with E-state index >= 15 is 0 Å². The maximum absolute atomic E-state index is 13.3. The lowest BCUT2D eigenvalue weighted by Gasteiger charge is -2.36. The third kappa shape index (κ3) is 6.49. The number of fused-ring (bicyclic) bond motifs is 1. The summed E-state index contributed by atoms with van der Waals surface area (Å²) >= 11 is 0. The second-order valence-corrected chi connectivity index (χ2v) is 8.67. The first-order chi connectivity index (χ1) is 15.8. The van der Waals surface area contributed by atoms with Crippen LogP contribution in [-0.4, -0.2) is 77.6 Å². The van der Waals surface area contributed by atoms with E-state index in [0.29, 0.717) is 36.7 Å². The number of aromatic nitrogens is 2. The largest absolute Gasteiger partial charge is 0.491 e. The molecule has 1 aromatic carbocycles. The van der Waals surface area contributed by atoms with Crippen molar-refractivity contribution in [2.75, 3.05) is 39.2 Å². The van der Waals surface area contributed by atoms with Crippen LogP contribution in [0.4, 0.5) is 5.69 Å². The summed E-state index contributed by atoms with van der Waals surface area (Å²) in [4.78, 5) is 37.1. The van der Waals surface area contributed by atoms with Crippen molar-refractivity contribution in [3.63, 3.8) is 0 Å². The highest BCUT2D eigenvalue weighted by Gasteiger charge is 2.28.